The van der Waals surface area contributed by atoms with E-state index in [0.717, 1.165) is 12.8 Å². The molecule has 2 fully saturated rings. The summed E-state index contributed by atoms with van der Waals surface area (Å²) in [5.41, 5.74) is 5.56. The first-order valence-electron chi connectivity index (χ1n) is 9.38. The van der Waals surface area contributed by atoms with Crippen LogP contribution in [0.15, 0.2) is 0 Å². The van der Waals surface area contributed by atoms with E-state index in [1.54, 1.807) is 0 Å². The van der Waals surface area contributed by atoms with E-state index in [9.17, 15) is 14.4 Å². The highest BCUT2D eigenvalue weighted by molar-refractivity contribution is 6.33. The highest BCUT2D eigenvalue weighted by Gasteiger charge is 2.19. The topological polar surface area (TPSA) is 133 Å². The standard InChI is InChI=1S/C9H17NO4.C9H14O5/c2*1-12-9(11)7(10)3-2-4-8-13-5-6-14-8/h7-8H,2-6,10H2,1H3;8H,2-6H2,1H3. The summed E-state index contributed by atoms with van der Waals surface area (Å²) in [6.45, 7) is 2.53. The van der Waals surface area contributed by atoms with Gasteiger partial charge in [-0.2, -0.15) is 0 Å². The molecule has 10 heteroatoms. The van der Waals surface area contributed by atoms with Crippen LogP contribution < -0.4 is 5.73 Å². The number of Topliss-reactive ketones (excluding diaryl/α,β-unsaturated/α-hetero) is 1. The van der Waals surface area contributed by atoms with Crippen molar-refractivity contribution in [3.05, 3.63) is 0 Å². The lowest BCUT2D eigenvalue weighted by Crippen LogP contribution is -2.31. The lowest BCUT2D eigenvalue weighted by Gasteiger charge is -2.11. The molecule has 0 aromatic rings. The van der Waals surface area contributed by atoms with Gasteiger partial charge in [-0.1, -0.05) is 0 Å². The zero-order valence-electron chi connectivity index (χ0n) is 16.6. The molecule has 0 bridgehead atoms. The van der Waals surface area contributed by atoms with E-state index in [2.05, 4.69) is 9.47 Å². The van der Waals surface area contributed by atoms with Crippen molar-refractivity contribution in [3.63, 3.8) is 0 Å². The molecule has 0 spiro atoms. The first-order valence-corrected chi connectivity index (χ1v) is 9.38. The maximum Gasteiger partial charge on any atom is 0.374 e. The number of esters is 2. The predicted molar refractivity (Wildman–Crippen MR) is 96.1 cm³/mol. The van der Waals surface area contributed by atoms with Gasteiger partial charge in [0.15, 0.2) is 12.6 Å². The number of nitrogens with two attached hydrogens (primary N) is 1. The first-order chi connectivity index (χ1) is 13.5. The molecule has 10 nitrogen and oxygen atoms in total. The summed E-state index contributed by atoms with van der Waals surface area (Å²) in [7, 11) is 2.54. The molecular weight excluding hydrogens is 374 g/mol. The summed E-state index contributed by atoms with van der Waals surface area (Å²) < 4.78 is 29.6. The maximum absolute atomic E-state index is 11.0. The summed E-state index contributed by atoms with van der Waals surface area (Å²) >= 11 is 0. The van der Waals surface area contributed by atoms with Gasteiger partial charge in [0.25, 0.3) is 0 Å². The number of carbonyl (C=O) groups is 3. The van der Waals surface area contributed by atoms with Gasteiger partial charge >= 0.3 is 11.9 Å². The third-order valence-corrected chi connectivity index (χ3v) is 4.10. The van der Waals surface area contributed by atoms with Gasteiger partial charge < -0.3 is 34.2 Å². The number of hydrogen-bond donors (Lipinski definition) is 1. The van der Waals surface area contributed by atoms with E-state index in [1.165, 1.54) is 14.2 Å². The van der Waals surface area contributed by atoms with Crippen LogP contribution in [0.3, 0.4) is 0 Å². The van der Waals surface area contributed by atoms with Crippen molar-refractivity contribution in [1.29, 1.82) is 0 Å². The number of ketones is 1. The van der Waals surface area contributed by atoms with E-state index in [-0.39, 0.29) is 25.0 Å². The molecule has 0 aliphatic carbocycles. The average molecular weight is 405 g/mol. The molecule has 2 aliphatic heterocycles. The highest BCUT2D eigenvalue weighted by atomic mass is 16.7. The third kappa shape index (κ3) is 10.1. The van der Waals surface area contributed by atoms with Gasteiger partial charge in [0.05, 0.1) is 40.6 Å². The minimum atomic E-state index is -0.779. The quantitative estimate of drug-likeness (QED) is 0.400. The molecule has 2 aliphatic rings. The van der Waals surface area contributed by atoms with Gasteiger partial charge in [0.1, 0.15) is 6.04 Å². The molecule has 162 valence electrons. The van der Waals surface area contributed by atoms with Crippen LogP contribution in [0.4, 0.5) is 0 Å². The third-order valence-electron chi connectivity index (χ3n) is 4.10. The van der Waals surface area contributed by atoms with Crippen molar-refractivity contribution in [3.8, 4) is 0 Å². The van der Waals surface area contributed by atoms with Crippen LogP contribution in [-0.4, -0.2) is 77.0 Å². The highest BCUT2D eigenvalue weighted by Crippen LogP contribution is 2.13. The molecule has 0 aromatic heterocycles. The smallest absolute Gasteiger partial charge is 0.374 e. The fraction of sp³-hybridized carbons (Fsp3) is 0.833. The predicted octanol–water partition coefficient (Wildman–Crippen LogP) is 0.302. The van der Waals surface area contributed by atoms with Gasteiger partial charge in [0, 0.05) is 6.42 Å². The van der Waals surface area contributed by atoms with E-state index >= 15 is 0 Å². The van der Waals surface area contributed by atoms with Crippen molar-refractivity contribution in [2.75, 3.05) is 40.6 Å². The van der Waals surface area contributed by atoms with Gasteiger partial charge in [-0.25, -0.2) is 4.79 Å². The van der Waals surface area contributed by atoms with Crippen molar-refractivity contribution >= 4 is 17.7 Å². The number of rotatable bonds is 10. The summed E-state index contributed by atoms with van der Waals surface area (Å²) in [6.07, 6.45) is 3.29. The monoisotopic (exact) mass is 405 g/mol. The van der Waals surface area contributed by atoms with Crippen molar-refractivity contribution in [1.82, 2.24) is 0 Å². The minimum Gasteiger partial charge on any atom is -0.468 e. The Hall–Kier alpha value is -1.59. The SMILES string of the molecule is COC(=O)C(=O)CCCC1OCCO1.COC(=O)C(N)CCCC1OCCO1. The number of ether oxygens (including phenoxy) is 6. The molecule has 0 amide bonds. The van der Waals surface area contributed by atoms with Crippen molar-refractivity contribution in [2.45, 2.75) is 57.1 Å². The number of carbonyl (C=O) groups excluding carboxylic acids is 3. The van der Waals surface area contributed by atoms with E-state index in [4.69, 9.17) is 24.7 Å². The Kier molecular flexibility index (Phi) is 12.6. The van der Waals surface area contributed by atoms with Crippen LogP contribution >= 0.6 is 0 Å². The second kappa shape index (κ2) is 14.4. The van der Waals surface area contributed by atoms with Crippen molar-refractivity contribution in [2.24, 2.45) is 5.73 Å². The Labute approximate surface area is 164 Å². The van der Waals surface area contributed by atoms with Crippen LogP contribution in [0.5, 0.6) is 0 Å². The molecule has 2 heterocycles. The molecule has 28 heavy (non-hydrogen) atoms. The first kappa shape index (κ1) is 24.4. The zero-order valence-corrected chi connectivity index (χ0v) is 16.6. The molecule has 1 unspecified atom stereocenters. The zero-order chi connectivity index (χ0) is 20.8. The minimum absolute atomic E-state index is 0.111. The van der Waals surface area contributed by atoms with Gasteiger partial charge in [-0.15, -0.1) is 0 Å². The molecule has 0 radical (unpaired) electrons. The lowest BCUT2D eigenvalue weighted by atomic mass is 10.1. The molecule has 0 aromatic carbocycles. The van der Waals surface area contributed by atoms with Crippen molar-refractivity contribution < 1.29 is 42.8 Å². The molecule has 2 rings (SSSR count). The number of hydrogen-bond acceptors (Lipinski definition) is 10. The number of methoxy groups -OCH3 is 2. The fourth-order valence-electron chi connectivity index (χ4n) is 2.57. The van der Waals surface area contributed by atoms with E-state index in [0.29, 0.717) is 45.7 Å². The summed E-state index contributed by atoms with van der Waals surface area (Å²) in [5, 5.41) is 0. The van der Waals surface area contributed by atoms with Crippen LogP contribution in [0.1, 0.15) is 38.5 Å². The Bertz CT molecular complexity index is 474. The Morgan fingerprint density at radius 1 is 0.893 bits per heavy atom. The second-order valence-electron chi connectivity index (χ2n) is 6.21. The van der Waals surface area contributed by atoms with Crippen LogP contribution in [-0.2, 0) is 42.8 Å². The normalized spacial score (nSPS) is 18.2. The second-order valence-corrected chi connectivity index (χ2v) is 6.21. The summed E-state index contributed by atoms with van der Waals surface area (Å²) in [5.74, 6) is -1.64. The average Bonchev–Trinajstić information content (AvgIpc) is 3.41. The van der Waals surface area contributed by atoms with E-state index in [1.807, 2.05) is 0 Å². The molecular formula is C18H31NO9. The molecule has 0 saturated carbocycles. The van der Waals surface area contributed by atoms with Gasteiger partial charge in [0.2, 0.25) is 5.78 Å². The Morgan fingerprint density at radius 2 is 1.39 bits per heavy atom. The maximum atomic E-state index is 11.0. The van der Waals surface area contributed by atoms with Crippen LogP contribution in [0, 0.1) is 0 Å². The lowest BCUT2D eigenvalue weighted by molar-refractivity contribution is -0.151. The molecule has 2 saturated heterocycles. The van der Waals surface area contributed by atoms with Crippen LogP contribution in [0.25, 0.3) is 0 Å². The molecule has 2 N–H and O–H groups in total. The largest absolute Gasteiger partial charge is 0.468 e. The summed E-state index contributed by atoms with van der Waals surface area (Å²) in [6, 6.07) is -0.526. The van der Waals surface area contributed by atoms with Gasteiger partial charge in [-0.05, 0) is 32.1 Å². The Balaban J connectivity index is 0.000000280. The fourth-order valence-corrected chi connectivity index (χ4v) is 2.57. The summed E-state index contributed by atoms with van der Waals surface area (Å²) in [4.78, 5) is 32.6. The van der Waals surface area contributed by atoms with Gasteiger partial charge in [-0.3, -0.25) is 9.59 Å². The van der Waals surface area contributed by atoms with Crippen LogP contribution in [0.2, 0.25) is 0 Å². The Morgan fingerprint density at radius 3 is 1.86 bits per heavy atom. The molecule has 1 atom stereocenters. The van der Waals surface area contributed by atoms with E-state index < -0.39 is 17.8 Å².